The average molecular weight is 165 g/mol. The molecule has 0 spiro atoms. The molecule has 0 saturated carbocycles. The molecule has 0 aliphatic heterocycles. The first kappa shape index (κ1) is 10.8. The van der Waals surface area contributed by atoms with Crippen LogP contribution in [0.25, 0.3) is 0 Å². The minimum Gasteiger partial charge on any atom is -0.395 e. The SMILES string of the molecule is CC(O)C(O)C(O)NCCO. The van der Waals surface area contributed by atoms with Gasteiger partial charge in [0.2, 0.25) is 0 Å². The second-order valence-electron chi connectivity index (χ2n) is 2.35. The summed E-state index contributed by atoms with van der Waals surface area (Å²) in [5.41, 5.74) is 0. The van der Waals surface area contributed by atoms with Crippen molar-refractivity contribution in [2.24, 2.45) is 0 Å². The molecule has 5 heteroatoms. The standard InChI is InChI=1S/C6H15NO4/c1-4(9)5(10)6(11)7-2-3-8/h4-11H,2-3H2,1H3. The van der Waals surface area contributed by atoms with Crippen LogP contribution in [0.5, 0.6) is 0 Å². The van der Waals surface area contributed by atoms with Gasteiger partial charge in [-0.3, -0.25) is 5.32 Å². The quantitative estimate of drug-likeness (QED) is 0.294. The van der Waals surface area contributed by atoms with E-state index in [1.54, 1.807) is 0 Å². The second-order valence-corrected chi connectivity index (χ2v) is 2.35. The predicted octanol–water partition coefficient (Wildman–Crippen LogP) is -2.37. The summed E-state index contributed by atoms with van der Waals surface area (Å²) in [6.07, 6.45) is -3.40. The third-order valence-electron chi connectivity index (χ3n) is 1.28. The number of hydrogen-bond acceptors (Lipinski definition) is 5. The molecule has 3 atom stereocenters. The maximum atomic E-state index is 8.99. The van der Waals surface area contributed by atoms with Gasteiger partial charge in [0.05, 0.1) is 12.7 Å². The third-order valence-corrected chi connectivity index (χ3v) is 1.28. The molecule has 0 bridgehead atoms. The Kier molecular flexibility index (Phi) is 5.35. The molecule has 3 unspecified atom stereocenters. The molecule has 0 heterocycles. The van der Waals surface area contributed by atoms with Gasteiger partial charge in [-0.1, -0.05) is 0 Å². The molecule has 0 aromatic heterocycles. The number of nitrogens with one attached hydrogen (secondary N) is 1. The van der Waals surface area contributed by atoms with Gasteiger partial charge in [-0.05, 0) is 6.92 Å². The summed E-state index contributed by atoms with van der Waals surface area (Å²) in [6.45, 7) is 1.43. The zero-order valence-electron chi connectivity index (χ0n) is 6.44. The van der Waals surface area contributed by atoms with Gasteiger partial charge in [-0.15, -0.1) is 0 Å². The Morgan fingerprint density at radius 1 is 1.27 bits per heavy atom. The van der Waals surface area contributed by atoms with Crippen molar-refractivity contribution in [3.8, 4) is 0 Å². The molecule has 0 fully saturated rings. The summed E-state index contributed by atoms with van der Waals surface area (Å²) in [5.74, 6) is 0. The monoisotopic (exact) mass is 165 g/mol. The average Bonchev–Trinajstić information content (AvgIpc) is 1.98. The highest BCUT2D eigenvalue weighted by atomic mass is 16.4. The highest BCUT2D eigenvalue weighted by Gasteiger charge is 2.19. The van der Waals surface area contributed by atoms with Crippen molar-refractivity contribution >= 4 is 0 Å². The summed E-state index contributed by atoms with van der Waals surface area (Å²) >= 11 is 0. The van der Waals surface area contributed by atoms with Crippen molar-refractivity contribution in [1.82, 2.24) is 5.32 Å². The van der Waals surface area contributed by atoms with Gasteiger partial charge < -0.3 is 20.4 Å². The van der Waals surface area contributed by atoms with Gasteiger partial charge in [-0.2, -0.15) is 0 Å². The number of hydrogen-bond donors (Lipinski definition) is 5. The Morgan fingerprint density at radius 2 is 1.82 bits per heavy atom. The van der Waals surface area contributed by atoms with Gasteiger partial charge in [0.15, 0.2) is 0 Å². The lowest BCUT2D eigenvalue weighted by Gasteiger charge is -2.20. The Labute approximate surface area is 65.3 Å². The van der Waals surface area contributed by atoms with E-state index in [2.05, 4.69) is 5.32 Å². The molecule has 0 aliphatic rings. The van der Waals surface area contributed by atoms with Crippen LogP contribution in [0.2, 0.25) is 0 Å². The van der Waals surface area contributed by atoms with Crippen molar-refractivity contribution in [1.29, 1.82) is 0 Å². The van der Waals surface area contributed by atoms with Crippen LogP contribution in [0.15, 0.2) is 0 Å². The largest absolute Gasteiger partial charge is 0.395 e. The van der Waals surface area contributed by atoms with Crippen molar-refractivity contribution in [2.45, 2.75) is 25.4 Å². The molecule has 0 rings (SSSR count). The molecule has 0 aromatic rings. The van der Waals surface area contributed by atoms with E-state index in [4.69, 9.17) is 20.4 Å². The van der Waals surface area contributed by atoms with Crippen LogP contribution in [0, 0.1) is 0 Å². The maximum absolute atomic E-state index is 8.99. The van der Waals surface area contributed by atoms with Crippen molar-refractivity contribution < 1.29 is 20.4 Å². The Morgan fingerprint density at radius 3 is 2.18 bits per heavy atom. The fourth-order valence-corrected chi connectivity index (χ4v) is 0.597. The first-order valence-corrected chi connectivity index (χ1v) is 3.48. The number of rotatable bonds is 5. The summed E-state index contributed by atoms with van der Waals surface area (Å²) in [4.78, 5) is 0. The van der Waals surface area contributed by atoms with Gasteiger partial charge in [0.1, 0.15) is 12.3 Å². The molecule has 5 N–H and O–H groups in total. The normalized spacial score (nSPS) is 19.4. The minimum atomic E-state index is -1.22. The van der Waals surface area contributed by atoms with Gasteiger partial charge in [0, 0.05) is 6.54 Å². The van der Waals surface area contributed by atoms with E-state index >= 15 is 0 Å². The number of aliphatic hydroxyl groups excluding tert-OH is 4. The smallest absolute Gasteiger partial charge is 0.133 e. The van der Waals surface area contributed by atoms with Crippen molar-refractivity contribution in [2.75, 3.05) is 13.2 Å². The first-order chi connectivity index (χ1) is 5.09. The van der Waals surface area contributed by atoms with E-state index in [0.717, 1.165) is 0 Å². The van der Waals surface area contributed by atoms with Crippen molar-refractivity contribution in [3.05, 3.63) is 0 Å². The molecular formula is C6H15NO4. The second kappa shape index (κ2) is 5.45. The van der Waals surface area contributed by atoms with Crippen LogP contribution >= 0.6 is 0 Å². The lowest BCUT2D eigenvalue weighted by Crippen LogP contribution is -2.46. The van der Waals surface area contributed by atoms with Crippen LogP contribution < -0.4 is 5.32 Å². The fraction of sp³-hybridized carbons (Fsp3) is 1.00. The fourth-order valence-electron chi connectivity index (χ4n) is 0.597. The Hall–Kier alpha value is -0.200. The van der Waals surface area contributed by atoms with E-state index in [1.807, 2.05) is 0 Å². The summed E-state index contributed by atoms with van der Waals surface area (Å²) in [7, 11) is 0. The lowest BCUT2D eigenvalue weighted by molar-refractivity contribution is -0.0656. The highest BCUT2D eigenvalue weighted by molar-refractivity contribution is 4.69. The van der Waals surface area contributed by atoms with Crippen LogP contribution in [-0.4, -0.2) is 52.0 Å². The zero-order chi connectivity index (χ0) is 8.85. The van der Waals surface area contributed by atoms with E-state index in [0.29, 0.717) is 0 Å². The molecule has 0 aromatic carbocycles. The maximum Gasteiger partial charge on any atom is 0.133 e. The third kappa shape index (κ3) is 4.28. The van der Waals surface area contributed by atoms with Crippen molar-refractivity contribution in [3.63, 3.8) is 0 Å². The van der Waals surface area contributed by atoms with E-state index in [-0.39, 0.29) is 13.2 Å². The topological polar surface area (TPSA) is 93.0 Å². The highest BCUT2D eigenvalue weighted by Crippen LogP contribution is 1.95. The van der Waals surface area contributed by atoms with Gasteiger partial charge >= 0.3 is 0 Å². The van der Waals surface area contributed by atoms with Crippen LogP contribution in [0.1, 0.15) is 6.92 Å². The molecule has 68 valence electrons. The minimum absolute atomic E-state index is 0.121. The molecular weight excluding hydrogens is 150 g/mol. The summed E-state index contributed by atoms with van der Waals surface area (Å²) in [5, 5.41) is 37.5. The molecule has 0 amide bonds. The van der Waals surface area contributed by atoms with E-state index in [1.165, 1.54) is 6.92 Å². The number of aliphatic hydroxyl groups is 4. The Bertz CT molecular complexity index is 98.6. The lowest BCUT2D eigenvalue weighted by atomic mass is 10.2. The molecule has 0 radical (unpaired) electrons. The summed E-state index contributed by atoms with van der Waals surface area (Å²) in [6, 6.07) is 0. The summed E-state index contributed by atoms with van der Waals surface area (Å²) < 4.78 is 0. The molecule has 11 heavy (non-hydrogen) atoms. The zero-order valence-corrected chi connectivity index (χ0v) is 6.44. The Balaban J connectivity index is 3.55. The van der Waals surface area contributed by atoms with Crippen LogP contribution in [0.3, 0.4) is 0 Å². The predicted molar refractivity (Wildman–Crippen MR) is 38.8 cm³/mol. The first-order valence-electron chi connectivity index (χ1n) is 3.48. The van der Waals surface area contributed by atoms with Crippen LogP contribution in [-0.2, 0) is 0 Å². The molecule has 0 saturated heterocycles. The van der Waals surface area contributed by atoms with E-state index < -0.39 is 18.4 Å². The van der Waals surface area contributed by atoms with Gasteiger partial charge in [-0.25, -0.2) is 0 Å². The molecule has 5 nitrogen and oxygen atoms in total. The van der Waals surface area contributed by atoms with E-state index in [9.17, 15) is 0 Å². The van der Waals surface area contributed by atoms with Crippen LogP contribution in [0.4, 0.5) is 0 Å². The van der Waals surface area contributed by atoms with Gasteiger partial charge in [0.25, 0.3) is 0 Å². The molecule has 0 aliphatic carbocycles.